The summed E-state index contributed by atoms with van der Waals surface area (Å²) in [6.07, 6.45) is 8.17. The molecule has 1 unspecified atom stereocenters. The van der Waals surface area contributed by atoms with E-state index in [0.29, 0.717) is 11.5 Å². The maximum absolute atomic E-state index is 11.9. The van der Waals surface area contributed by atoms with Crippen LogP contribution in [0.15, 0.2) is 0 Å². The molecule has 1 aromatic rings. The van der Waals surface area contributed by atoms with Crippen molar-refractivity contribution in [2.24, 2.45) is 11.7 Å². The lowest BCUT2D eigenvalue weighted by Crippen LogP contribution is -2.28. The number of hydrogen-bond acceptors (Lipinski definition) is 4. The molecule has 0 saturated carbocycles. The lowest BCUT2D eigenvalue weighted by molar-refractivity contribution is -0.136. The zero-order chi connectivity index (χ0) is 16.3. The number of hydrogen-bond donors (Lipinski definition) is 2. The molecule has 22 heavy (non-hydrogen) atoms. The number of nitrogens with zero attached hydrogens (tertiary/aromatic N) is 1. The van der Waals surface area contributed by atoms with E-state index in [9.17, 15) is 9.59 Å². The van der Waals surface area contributed by atoms with Crippen LogP contribution in [-0.4, -0.2) is 30.1 Å². The molecule has 0 fully saturated rings. The molecular formula is C16H20N2O3S. The van der Waals surface area contributed by atoms with Crippen molar-refractivity contribution >= 4 is 28.2 Å². The van der Waals surface area contributed by atoms with Gasteiger partial charge in [0.05, 0.1) is 18.5 Å². The minimum absolute atomic E-state index is 0.0289. The van der Waals surface area contributed by atoms with Gasteiger partial charge in [0.1, 0.15) is 5.00 Å². The number of fused-ring (bicyclic) bond motifs is 1. The van der Waals surface area contributed by atoms with Gasteiger partial charge in [0, 0.05) is 11.4 Å². The highest BCUT2D eigenvalue weighted by atomic mass is 32.1. The van der Waals surface area contributed by atoms with Crippen LogP contribution in [0, 0.1) is 18.3 Å². The first-order chi connectivity index (χ1) is 10.4. The Morgan fingerprint density at radius 1 is 1.55 bits per heavy atom. The van der Waals surface area contributed by atoms with Crippen molar-refractivity contribution in [2.45, 2.75) is 32.6 Å². The molecule has 1 aliphatic carbocycles. The van der Waals surface area contributed by atoms with Gasteiger partial charge in [-0.25, -0.2) is 0 Å². The number of thiophene rings is 1. The maximum atomic E-state index is 11.9. The Labute approximate surface area is 134 Å². The van der Waals surface area contributed by atoms with E-state index in [1.54, 1.807) is 4.90 Å². The molecule has 0 aliphatic heterocycles. The van der Waals surface area contributed by atoms with Crippen molar-refractivity contribution < 1.29 is 14.7 Å². The third kappa shape index (κ3) is 3.42. The number of nitrogens with two attached hydrogens (primary N) is 1. The zero-order valence-electron chi connectivity index (χ0n) is 12.6. The van der Waals surface area contributed by atoms with Gasteiger partial charge in [0.15, 0.2) is 0 Å². The molecule has 1 heterocycles. The number of aliphatic carboxylic acids is 1. The quantitative estimate of drug-likeness (QED) is 0.784. The molecule has 0 spiro atoms. The smallest absolute Gasteiger partial charge is 0.305 e. The predicted molar refractivity (Wildman–Crippen MR) is 87.3 cm³/mol. The van der Waals surface area contributed by atoms with Crippen molar-refractivity contribution in [3.8, 4) is 12.3 Å². The number of rotatable bonds is 6. The van der Waals surface area contributed by atoms with Crippen molar-refractivity contribution in [3.05, 3.63) is 16.0 Å². The Balaban J connectivity index is 2.41. The summed E-state index contributed by atoms with van der Waals surface area (Å²) in [7, 11) is 0. The Hall–Kier alpha value is -2.00. The third-order valence-corrected chi connectivity index (χ3v) is 5.22. The highest BCUT2D eigenvalue weighted by Crippen LogP contribution is 2.41. The molecule has 0 radical (unpaired) electrons. The van der Waals surface area contributed by atoms with Crippen LogP contribution in [-0.2, 0) is 17.6 Å². The van der Waals surface area contributed by atoms with Gasteiger partial charge in [0.25, 0.3) is 5.91 Å². The number of amides is 1. The fourth-order valence-corrected chi connectivity index (χ4v) is 4.35. The fourth-order valence-electron chi connectivity index (χ4n) is 2.81. The van der Waals surface area contributed by atoms with E-state index >= 15 is 0 Å². The summed E-state index contributed by atoms with van der Waals surface area (Å²) in [5.74, 6) is 1.77. The molecule has 0 bridgehead atoms. The molecule has 5 nitrogen and oxygen atoms in total. The Morgan fingerprint density at radius 3 is 2.86 bits per heavy atom. The number of anilines is 1. The van der Waals surface area contributed by atoms with E-state index < -0.39 is 11.9 Å². The summed E-state index contributed by atoms with van der Waals surface area (Å²) in [5, 5.41) is 9.61. The molecule has 0 saturated heterocycles. The van der Waals surface area contributed by atoms with Crippen LogP contribution in [0.25, 0.3) is 0 Å². The molecule has 2 rings (SSSR count). The van der Waals surface area contributed by atoms with E-state index in [-0.39, 0.29) is 19.5 Å². The number of carboxylic acids is 1. The minimum atomic E-state index is -0.891. The molecule has 118 valence electrons. The predicted octanol–water partition coefficient (Wildman–Crippen LogP) is 1.89. The SMILES string of the molecule is C#CCN(CCC(=O)O)c1sc2c(c1C(N)=O)CCC(C)C2. The molecule has 1 aliphatic rings. The number of carbonyl (C=O) groups excluding carboxylic acids is 1. The summed E-state index contributed by atoms with van der Waals surface area (Å²) < 4.78 is 0. The molecule has 6 heteroatoms. The second kappa shape index (κ2) is 6.84. The largest absolute Gasteiger partial charge is 0.481 e. The van der Waals surface area contributed by atoms with Crippen LogP contribution < -0.4 is 10.6 Å². The van der Waals surface area contributed by atoms with E-state index in [2.05, 4.69) is 12.8 Å². The van der Waals surface area contributed by atoms with Crippen LogP contribution in [0.5, 0.6) is 0 Å². The van der Waals surface area contributed by atoms with Crippen LogP contribution in [0.1, 0.15) is 40.6 Å². The second-order valence-electron chi connectivity index (χ2n) is 5.67. The number of terminal acetylenes is 1. The average molecular weight is 320 g/mol. The van der Waals surface area contributed by atoms with Crippen LogP contribution in [0.2, 0.25) is 0 Å². The first-order valence-electron chi connectivity index (χ1n) is 7.28. The Kier molecular flexibility index (Phi) is 5.09. The standard InChI is InChI=1S/C16H20N2O3S/c1-3-7-18(8-6-13(19)20)16-14(15(17)21)11-5-4-10(2)9-12(11)22-16/h1,10H,4-9H2,2H3,(H2,17,21)(H,19,20). The van der Waals surface area contributed by atoms with Gasteiger partial charge in [-0.1, -0.05) is 12.8 Å². The van der Waals surface area contributed by atoms with Crippen LogP contribution >= 0.6 is 11.3 Å². The third-order valence-electron chi connectivity index (χ3n) is 3.90. The molecule has 1 aromatic heterocycles. The van der Waals surface area contributed by atoms with E-state index in [0.717, 1.165) is 29.8 Å². The fraction of sp³-hybridized carbons (Fsp3) is 0.500. The number of carbonyl (C=O) groups is 2. The van der Waals surface area contributed by atoms with E-state index in [1.807, 2.05) is 0 Å². The van der Waals surface area contributed by atoms with Crippen LogP contribution in [0.4, 0.5) is 5.00 Å². The summed E-state index contributed by atoms with van der Waals surface area (Å²) in [4.78, 5) is 25.7. The van der Waals surface area contributed by atoms with Gasteiger partial charge in [-0.3, -0.25) is 9.59 Å². The summed E-state index contributed by atoms with van der Waals surface area (Å²) in [6.45, 7) is 2.73. The normalized spacial score (nSPS) is 16.6. The van der Waals surface area contributed by atoms with Gasteiger partial charge >= 0.3 is 5.97 Å². The molecule has 0 aromatic carbocycles. The van der Waals surface area contributed by atoms with E-state index in [4.69, 9.17) is 17.3 Å². The van der Waals surface area contributed by atoms with Crippen molar-refractivity contribution in [2.75, 3.05) is 18.0 Å². The molecule has 1 atom stereocenters. The Morgan fingerprint density at radius 2 is 2.27 bits per heavy atom. The van der Waals surface area contributed by atoms with Gasteiger partial charge < -0.3 is 15.7 Å². The second-order valence-corrected chi connectivity index (χ2v) is 6.75. The highest BCUT2D eigenvalue weighted by molar-refractivity contribution is 7.16. The molecular weight excluding hydrogens is 300 g/mol. The zero-order valence-corrected chi connectivity index (χ0v) is 13.4. The van der Waals surface area contributed by atoms with E-state index in [1.165, 1.54) is 16.2 Å². The summed E-state index contributed by atoms with van der Waals surface area (Å²) in [5.41, 5.74) is 7.15. The lowest BCUT2D eigenvalue weighted by atomic mass is 9.88. The van der Waals surface area contributed by atoms with Gasteiger partial charge in [-0.05, 0) is 30.7 Å². The first kappa shape index (κ1) is 16.4. The number of carboxylic acid groups (broad SMARTS) is 1. The molecule has 1 amide bonds. The number of primary amides is 1. The monoisotopic (exact) mass is 320 g/mol. The first-order valence-corrected chi connectivity index (χ1v) is 8.10. The van der Waals surface area contributed by atoms with Gasteiger partial charge in [-0.15, -0.1) is 17.8 Å². The summed E-state index contributed by atoms with van der Waals surface area (Å²) >= 11 is 1.53. The Bertz CT molecular complexity index is 630. The van der Waals surface area contributed by atoms with Gasteiger partial charge in [-0.2, -0.15) is 0 Å². The van der Waals surface area contributed by atoms with Crippen LogP contribution in [0.3, 0.4) is 0 Å². The average Bonchev–Trinajstić information content (AvgIpc) is 2.81. The lowest BCUT2D eigenvalue weighted by Gasteiger charge is -2.21. The molecule has 3 N–H and O–H groups in total. The topological polar surface area (TPSA) is 83.6 Å². The minimum Gasteiger partial charge on any atom is -0.481 e. The van der Waals surface area contributed by atoms with Crippen molar-refractivity contribution in [1.82, 2.24) is 0 Å². The van der Waals surface area contributed by atoms with Crippen molar-refractivity contribution in [1.29, 1.82) is 0 Å². The highest BCUT2D eigenvalue weighted by Gasteiger charge is 2.28. The van der Waals surface area contributed by atoms with Crippen molar-refractivity contribution in [3.63, 3.8) is 0 Å². The van der Waals surface area contributed by atoms with Gasteiger partial charge in [0.2, 0.25) is 0 Å². The maximum Gasteiger partial charge on any atom is 0.305 e. The summed E-state index contributed by atoms with van der Waals surface area (Å²) in [6, 6.07) is 0.